The summed E-state index contributed by atoms with van der Waals surface area (Å²) < 4.78 is 0. The molecule has 0 spiro atoms. The maximum atomic E-state index is 11.7. The maximum Gasteiger partial charge on any atom is 0.328 e. The first-order chi connectivity index (χ1) is 8.45. The fourth-order valence-corrected chi connectivity index (χ4v) is 3.05. The van der Waals surface area contributed by atoms with Crippen molar-refractivity contribution < 1.29 is 19.8 Å². The second-order valence-electron chi connectivity index (χ2n) is 4.49. The minimum Gasteiger partial charge on any atom is -0.480 e. The average molecular weight is 276 g/mol. The lowest BCUT2D eigenvalue weighted by Crippen LogP contribution is -2.53. The highest BCUT2D eigenvalue weighted by Gasteiger charge is 2.30. The lowest BCUT2D eigenvalue weighted by Gasteiger charge is -2.22. The van der Waals surface area contributed by atoms with Crippen LogP contribution >= 0.6 is 11.8 Å². The number of aliphatic hydroxyl groups excluding tert-OH is 1. The summed E-state index contributed by atoms with van der Waals surface area (Å²) in [6.07, 6.45) is 3.90. The van der Waals surface area contributed by atoms with Gasteiger partial charge in [-0.25, -0.2) is 9.59 Å². The SMILES string of the molecule is CSC1CCCC1NC(=O)N[C@H](C(=O)O)[C@@H](C)O. The van der Waals surface area contributed by atoms with Crippen molar-refractivity contribution in [1.29, 1.82) is 0 Å². The van der Waals surface area contributed by atoms with Crippen molar-refractivity contribution >= 4 is 23.8 Å². The van der Waals surface area contributed by atoms with Gasteiger partial charge in [0.25, 0.3) is 0 Å². The van der Waals surface area contributed by atoms with Gasteiger partial charge in [0.2, 0.25) is 0 Å². The summed E-state index contributed by atoms with van der Waals surface area (Å²) in [5.74, 6) is -1.24. The molecule has 1 rings (SSSR count). The van der Waals surface area contributed by atoms with E-state index in [9.17, 15) is 14.7 Å². The van der Waals surface area contributed by atoms with Crippen molar-refractivity contribution in [3.63, 3.8) is 0 Å². The quantitative estimate of drug-likeness (QED) is 0.583. The monoisotopic (exact) mass is 276 g/mol. The fraction of sp³-hybridized carbons (Fsp3) is 0.818. The first-order valence-corrected chi connectivity index (χ1v) is 7.25. The van der Waals surface area contributed by atoms with E-state index in [1.54, 1.807) is 11.8 Å². The molecule has 0 radical (unpaired) electrons. The molecule has 0 aromatic carbocycles. The molecule has 0 saturated heterocycles. The molecular weight excluding hydrogens is 256 g/mol. The second-order valence-corrected chi connectivity index (χ2v) is 5.56. The lowest BCUT2D eigenvalue weighted by molar-refractivity contribution is -0.141. The maximum absolute atomic E-state index is 11.7. The van der Waals surface area contributed by atoms with Gasteiger partial charge >= 0.3 is 12.0 Å². The Balaban J connectivity index is 2.47. The minimum atomic E-state index is -1.28. The average Bonchev–Trinajstić information content (AvgIpc) is 2.72. The van der Waals surface area contributed by atoms with E-state index >= 15 is 0 Å². The summed E-state index contributed by atoms with van der Waals surface area (Å²) in [6.45, 7) is 1.33. The van der Waals surface area contributed by atoms with Crippen LogP contribution in [0.1, 0.15) is 26.2 Å². The van der Waals surface area contributed by atoms with Crippen LogP contribution in [-0.4, -0.2) is 51.9 Å². The third-order valence-electron chi connectivity index (χ3n) is 3.11. The topological polar surface area (TPSA) is 98.7 Å². The van der Waals surface area contributed by atoms with Crippen molar-refractivity contribution in [1.82, 2.24) is 10.6 Å². The van der Waals surface area contributed by atoms with Crippen LogP contribution in [0.4, 0.5) is 4.79 Å². The molecule has 2 unspecified atom stereocenters. The first-order valence-electron chi connectivity index (χ1n) is 5.96. The van der Waals surface area contributed by atoms with E-state index in [1.807, 2.05) is 6.26 Å². The Morgan fingerprint density at radius 1 is 1.39 bits per heavy atom. The molecule has 0 aromatic heterocycles. The van der Waals surface area contributed by atoms with Gasteiger partial charge in [0, 0.05) is 11.3 Å². The molecule has 104 valence electrons. The zero-order chi connectivity index (χ0) is 13.7. The molecule has 1 saturated carbocycles. The van der Waals surface area contributed by atoms with Gasteiger partial charge in [0.15, 0.2) is 6.04 Å². The Morgan fingerprint density at radius 3 is 2.56 bits per heavy atom. The van der Waals surface area contributed by atoms with Crippen LogP contribution in [-0.2, 0) is 4.79 Å². The number of aliphatic hydroxyl groups is 1. The number of hydrogen-bond acceptors (Lipinski definition) is 4. The van der Waals surface area contributed by atoms with Crippen molar-refractivity contribution in [3.05, 3.63) is 0 Å². The molecule has 1 aliphatic rings. The molecule has 0 bridgehead atoms. The van der Waals surface area contributed by atoms with Crippen LogP contribution in [0.15, 0.2) is 0 Å². The van der Waals surface area contributed by atoms with Crippen LogP contribution in [0.2, 0.25) is 0 Å². The number of aliphatic carboxylic acids is 1. The standard InChI is InChI=1S/C11H20N2O4S/c1-6(14)9(10(15)16)13-11(17)12-7-4-3-5-8(7)18-2/h6-9,14H,3-5H2,1-2H3,(H,15,16)(H2,12,13,17)/t6-,7?,8?,9+/m1/s1. The highest BCUT2D eigenvalue weighted by atomic mass is 32.2. The van der Waals surface area contributed by atoms with Crippen molar-refractivity contribution in [2.75, 3.05) is 6.26 Å². The van der Waals surface area contributed by atoms with Gasteiger partial charge in [0.1, 0.15) is 0 Å². The highest BCUT2D eigenvalue weighted by molar-refractivity contribution is 7.99. The Bertz CT molecular complexity index is 311. The van der Waals surface area contributed by atoms with Crippen molar-refractivity contribution in [3.8, 4) is 0 Å². The molecule has 0 aromatic rings. The van der Waals surface area contributed by atoms with E-state index in [0.29, 0.717) is 5.25 Å². The molecule has 4 N–H and O–H groups in total. The van der Waals surface area contributed by atoms with Gasteiger partial charge in [-0.1, -0.05) is 6.42 Å². The number of amides is 2. The van der Waals surface area contributed by atoms with Gasteiger partial charge in [-0.3, -0.25) is 0 Å². The molecule has 4 atom stereocenters. The predicted octanol–water partition coefficient (Wildman–Crippen LogP) is 0.404. The van der Waals surface area contributed by atoms with Gasteiger partial charge in [-0.15, -0.1) is 0 Å². The van der Waals surface area contributed by atoms with E-state index < -0.39 is 24.1 Å². The number of carboxylic acids is 1. The number of urea groups is 1. The molecule has 6 nitrogen and oxygen atoms in total. The number of hydrogen-bond donors (Lipinski definition) is 4. The second kappa shape index (κ2) is 6.84. The fourth-order valence-electron chi connectivity index (χ4n) is 2.11. The minimum absolute atomic E-state index is 0.0726. The smallest absolute Gasteiger partial charge is 0.328 e. The van der Waals surface area contributed by atoms with Crippen molar-refractivity contribution in [2.45, 2.75) is 49.6 Å². The molecule has 18 heavy (non-hydrogen) atoms. The number of rotatable bonds is 5. The lowest BCUT2D eigenvalue weighted by atomic mass is 10.2. The third kappa shape index (κ3) is 4.06. The molecule has 0 aliphatic heterocycles. The molecule has 0 heterocycles. The van der Waals surface area contributed by atoms with E-state index in [4.69, 9.17) is 5.11 Å². The molecule has 7 heteroatoms. The number of carboxylic acid groups (broad SMARTS) is 1. The van der Waals surface area contributed by atoms with Crippen LogP contribution in [0.3, 0.4) is 0 Å². The normalized spacial score (nSPS) is 26.4. The summed E-state index contributed by atoms with van der Waals surface area (Å²) in [5.41, 5.74) is 0. The third-order valence-corrected chi connectivity index (χ3v) is 4.28. The van der Waals surface area contributed by atoms with Crippen LogP contribution in [0.5, 0.6) is 0 Å². The summed E-state index contributed by atoms with van der Waals surface area (Å²) in [4.78, 5) is 22.5. The number of thioether (sulfide) groups is 1. The van der Waals surface area contributed by atoms with E-state index in [0.717, 1.165) is 19.3 Å². The van der Waals surface area contributed by atoms with Gasteiger partial charge in [0.05, 0.1) is 6.10 Å². The first kappa shape index (κ1) is 15.1. The summed E-state index contributed by atoms with van der Waals surface area (Å²) in [5, 5.41) is 23.5. The molecule has 1 aliphatic carbocycles. The molecule has 2 amide bonds. The van der Waals surface area contributed by atoms with Crippen LogP contribution in [0.25, 0.3) is 0 Å². The van der Waals surface area contributed by atoms with E-state index in [-0.39, 0.29) is 6.04 Å². The van der Waals surface area contributed by atoms with Crippen molar-refractivity contribution in [2.24, 2.45) is 0 Å². The predicted molar refractivity (Wildman–Crippen MR) is 69.7 cm³/mol. The van der Waals surface area contributed by atoms with Crippen LogP contribution in [0, 0.1) is 0 Å². The Hall–Kier alpha value is -0.950. The zero-order valence-electron chi connectivity index (χ0n) is 10.5. The summed E-state index contributed by atoms with van der Waals surface area (Å²) >= 11 is 1.71. The van der Waals surface area contributed by atoms with E-state index in [1.165, 1.54) is 6.92 Å². The van der Waals surface area contributed by atoms with Gasteiger partial charge in [-0.2, -0.15) is 11.8 Å². The Morgan fingerprint density at radius 2 is 2.06 bits per heavy atom. The number of carbonyl (C=O) groups is 2. The van der Waals surface area contributed by atoms with Gasteiger partial charge in [-0.05, 0) is 26.0 Å². The van der Waals surface area contributed by atoms with Gasteiger partial charge < -0.3 is 20.8 Å². The zero-order valence-corrected chi connectivity index (χ0v) is 11.4. The van der Waals surface area contributed by atoms with Crippen LogP contribution < -0.4 is 10.6 Å². The highest BCUT2D eigenvalue weighted by Crippen LogP contribution is 2.28. The molecular formula is C11H20N2O4S. The molecule has 1 fully saturated rings. The summed E-state index contributed by atoms with van der Waals surface area (Å²) in [6, 6.07) is -1.74. The Labute approximate surface area is 111 Å². The van der Waals surface area contributed by atoms with E-state index in [2.05, 4.69) is 10.6 Å². The number of nitrogens with one attached hydrogen (secondary N) is 2. The largest absolute Gasteiger partial charge is 0.480 e. The number of carbonyl (C=O) groups excluding carboxylic acids is 1. The Kier molecular flexibility index (Phi) is 5.74. The summed E-state index contributed by atoms with van der Waals surface area (Å²) in [7, 11) is 0.